The van der Waals surface area contributed by atoms with Crippen molar-refractivity contribution in [3.05, 3.63) is 116 Å². The third-order valence-electron chi connectivity index (χ3n) is 5.61. The van der Waals surface area contributed by atoms with Crippen LogP contribution in [0.15, 0.2) is 82.6 Å². The van der Waals surface area contributed by atoms with Gasteiger partial charge in [-0.15, -0.1) is 11.3 Å². The second-order valence-electron chi connectivity index (χ2n) is 8.33. The number of benzene rings is 3. The number of methoxy groups -OCH3 is 1. The number of thiazole rings is 1. The molecule has 1 N–H and O–H groups in total. The standard InChI is InChI=1S/C28H25BrClN3O3S/c1-36-26(34)14-24-18-37-28(32-24)33(17-22-6-2-3-8-25(22)29)16-19-9-11-21(12-10-19)27(35)31-15-20-5-4-7-23(30)13-20/h2-13,18H,14-17H2,1H3,(H,31,35). The number of aromatic nitrogens is 1. The molecule has 1 heterocycles. The molecule has 3 aromatic carbocycles. The smallest absolute Gasteiger partial charge is 0.311 e. The molecule has 37 heavy (non-hydrogen) atoms. The highest BCUT2D eigenvalue weighted by Crippen LogP contribution is 2.27. The Hall–Kier alpha value is -3.20. The number of rotatable bonds is 10. The number of carbonyl (C=O) groups excluding carboxylic acids is 2. The number of ether oxygens (including phenoxy) is 1. The lowest BCUT2D eigenvalue weighted by molar-refractivity contribution is -0.139. The summed E-state index contributed by atoms with van der Waals surface area (Å²) in [5, 5.41) is 6.26. The van der Waals surface area contributed by atoms with Gasteiger partial charge in [0.2, 0.25) is 0 Å². The van der Waals surface area contributed by atoms with Gasteiger partial charge in [-0.2, -0.15) is 0 Å². The van der Waals surface area contributed by atoms with Crippen LogP contribution in [0.2, 0.25) is 5.02 Å². The van der Waals surface area contributed by atoms with Gasteiger partial charge < -0.3 is 15.0 Å². The van der Waals surface area contributed by atoms with Gasteiger partial charge in [-0.05, 0) is 47.0 Å². The minimum atomic E-state index is -0.321. The average Bonchev–Trinajstić information content (AvgIpc) is 3.37. The Bertz CT molecular complexity index is 1380. The first kappa shape index (κ1) is 26.9. The molecule has 0 unspecified atom stereocenters. The van der Waals surface area contributed by atoms with Crippen LogP contribution in [0.5, 0.6) is 0 Å². The van der Waals surface area contributed by atoms with Gasteiger partial charge >= 0.3 is 5.97 Å². The van der Waals surface area contributed by atoms with Crippen LogP contribution < -0.4 is 10.2 Å². The quantitative estimate of drug-likeness (QED) is 0.214. The van der Waals surface area contributed by atoms with E-state index in [1.165, 1.54) is 18.4 Å². The van der Waals surface area contributed by atoms with Gasteiger partial charge in [-0.3, -0.25) is 9.59 Å². The number of halogens is 2. The summed E-state index contributed by atoms with van der Waals surface area (Å²) < 4.78 is 5.79. The Morgan fingerprint density at radius 3 is 2.54 bits per heavy atom. The van der Waals surface area contributed by atoms with Crippen molar-refractivity contribution in [2.45, 2.75) is 26.1 Å². The van der Waals surface area contributed by atoms with E-state index in [2.05, 4.69) is 37.2 Å². The third kappa shape index (κ3) is 7.64. The maximum atomic E-state index is 12.6. The molecule has 0 saturated heterocycles. The normalized spacial score (nSPS) is 10.7. The highest BCUT2D eigenvalue weighted by Gasteiger charge is 2.16. The van der Waals surface area contributed by atoms with E-state index in [0.717, 1.165) is 26.3 Å². The Balaban J connectivity index is 1.47. The molecule has 6 nitrogen and oxygen atoms in total. The van der Waals surface area contributed by atoms with Gasteiger partial charge in [0, 0.05) is 40.1 Å². The number of amides is 1. The molecule has 4 aromatic rings. The second kappa shape index (κ2) is 12.9. The van der Waals surface area contributed by atoms with Crippen LogP contribution in [-0.4, -0.2) is 24.0 Å². The summed E-state index contributed by atoms with van der Waals surface area (Å²) in [6.07, 6.45) is 0.134. The number of anilines is 1. The summed E-state index contributed by atoms with van der Waals surface area (Å²) in [5.41, 5.74) is 4.34. The highest BCUT2D eigenvalue weighted by molar-refractivity contribution is 9.10. The van der Waals surface area contributed by atoms with Crippen molar-refractivity contribution < 1.29 is 14.3 Å². The lowest BCUT2D eigenvalue weighted by Gasteiger charge is -2.23. The highest BCUT2D eigenvalue weighted by atomic mass is 79.9. The molecule has 1 aromatic heterocycles. The second-order valence-corrected chi connectivity index (χ2v) is 10.5. The topological polar surface area (TPSA) is 71.5 Å². The first-order valence-corrected chi connectivity index (χ1v) is 13.6. The minimum absolute atomic E-state index is 0.134. The van der Waals surface area contributed by atoms with E-state index in [0.29, 0.717) is 35.9 Å². The molecule has 0 aliphatic rings. The zero-order valence-electron chi connectivity index (χ0n) is 20.1. The third-order valence-corrected chi connectivity index (χ3v) is 7.57. The summed E-state index contributed by atoms with van der Waals surface area (Å²) in [7, 11) is 1.37. The fourth-order valence-corrected chi connectivity index (χ4v) is 5.13. The molecule has 0 bridgehead atoms. The molecule has 0 radical (unpaired) electrons. The van der Waals surface area contributed by atoms with Crippen LogP contribution in [0.1, 0.15) is 32.7 Å². The van der Waals surface area contributed by atoms with Gasteiger partial charge in [0.1, 0.15) is 0 Å². The first-order valence-electron chi connectivity index (χ1n) is 11.5. The van der Waals surface area contributed by atoms with E-state index >= 15 is 0 Å². The van der Waals surface area contributed by atoms with E-state index < -0.39 is 0 Å². The molecule has 0 saturated carbocycles. The van der Waals surface area contributed by atoms with E-state index in [1.54, 1.807) is 6.07 Å². The molecule has 9 heteroatoms. The van der Waals surface area contributed by atoms with Gasteiger partial charge in [0.05, 0.1) is 19.2 Å². The van der Waals surface area contributed by atoms with Crippen molar-refractivity contribution in [3.8, 4) is 0 Å². The number of nitrogens with zero attached hydrogens (tertiary/aromatic N) is 2. The van der Waals surface area contributed by atoms with Crippen molar-refractivity contribution >= 4 is 55.9 Å². The summed E-state index contributed by atoms with van der Waals surface area (Å²) in [5.74, 6) is -0.470. The maximum Gasteiger partial charge on any atom is 0.311 e. The maximum absolute atomic E-state index is 12.6. The lowest BCUT2D eigenvalue weighted by Crippen LogP contribution is -2.24. The van der Waals surface area contributed by atoms with Crippen molar-refractivity contribution in [1.82, 2.24) is 10.3 Å². The van der Waals surface area contributed by atoms with E-state index in [-0.39, 0.29) is 18.3 Å². The minimum Gasteiger partial charge on any atom is -0.469 e. The Kier molecular flexibility index (Phi) is 9.33. The first-order chi connectivity index (χ1) is 17.9. The monoisotopic (exact) mass is 597 g/mol. The lowest BCUT2D eigenvalue weighted by atomic mass is 10.1. The van der Waals surface area contributed by atoms with Crippen molar-refractivity contribution in [2.75, 3.05) is 12.0 Å². The van der Waals surface area contributed by atoms with Crippen molar-refractivity contribution in [1.29, 1.82) is 0 Å². The molecule has 4 rings (SSSR count). The van der Waals surface area contributed by atoms with Gasteiger partial charge in [-0.1, -0.05) is 70.0 Å². The largest absolute Gasteiger partial charge is 0.469 e. The van der Waals surface area contributed by atoms with E-state index in [9.17, 15) is 9.59 Å². The zero-order chi connectivity index (χ0) is 26.2. The number of esters is 1. The van der Waals surface area contributed by atoms with Crippen molar-refractivity contribution in [3.63, 3.8) is 0 Å². The fourth-order valence-electron chi connectivity index (χ4n) is 3.68. The molecule has 0 atom stereocenters. The molecule has 0 fully saturated rings. The number of hydrogen-bond acceptors (Lipinski definition) is 6. The van der Waals surface area contributed by atoms with Crippen LogP contribution in [-0.2, 0) is 35.6 Å². The van der Waals surface area contributed by atoms with Crippen LogP contribution >= 0.6 is 38.9 Å². The molecule has 0 spiro atoms. The van der Waals surface area contributed by atoms with Crippen LogP contribution in [0.3, 0.4) is 0 Å². The number of hydrogen-bond donors (Lipinski definition) is 1. The number of nitrogens with one attached hydrogen (secondary N) is 1. The molecule has 0 aliphatic carbocycles. The zero-order valence-corrected chi connectivity index (χ0v) is 23.3. The summed E-state index contributed by atoms with van der Waals surface area (Å²) >= 11 is 11.1. The fraction of sp³-hybridized carbons (Fsp3) is 0.179. The summed E-state index contributed by atoms with van der Waals surface area (Å²) in [4.78, 5) is 31.2. The average molecular weight is 599 g/mol. The van der Waals surface area contributed by atoms with Gasteiger partial charge in [0.25, 0.3) is 5.91 Å². The SMILES string of the molecule is COC(=O)Cc1csc(N(Cc2ccc(C(=O)NCc3cccc(Cl)c3)cc2)Cc2ccccc2Br)n1. The summed E-state index contributed by atoms with van der Waals surface area (Å²) in [6.45, 7) is 1.60. The summed E-state index contributed by atoms with van der Waals surface area (Å²) in [6, 6.07) is 23.0. The molecular formula is C28H25BrClN3O3S. The van der Waals surface area contributed by atoms with Crippen LogP contribution in [0, 0.1) is 0 Å². The predicted octanol–water partition coefficient (Wildman–Crippen LogP) is 6.41. The van der Waals surface area contributed by atoms with Crippen LogP contribution in [0.25, 0.3) is 0 Å². The van der Waals surface area contributed by atoms with E-state index in [1.807, 2.05) is 66.0 Å². The Morgan fingerprint density at radius 2 is 1.81 bits per heavy atom. The molecule has 190 valence electrons. The Labute approximate surface area is 233 Å². The van der Waals surface area contributed by atoms with Gasteiger partial charge in [0.15, 0.2) is 5.13 Å². The molecular weight excluding hydrogens is 574 g/mol. The van der Waals surface area contributed by atoms with E-state index in [4.69, 9.17) is 16.3 Å². The Morgan fingerprint density at radius 1 is 1.03 bits per heavy atom. The predicted molar refractivity (Wildman–Crippen MR) is 151 cm³/mol. The molecule has 1 amide bonds. The van der Waals surface area contributed by atoms with Gasteiger partial charge in [-0.25, -0.2) is 4.98 Å². The molecule has 0 aliphatic heterocycles. The van der Waals surface area contributed by atoms with Crippen molar-refractivity contribution in [2.24, 2.45) is 0 Å². The van der Waals surface area contributed by atoms with Crippen LogP contribution in [0.4, 0.5) is 5.13 Å². The number of carbonyl (C=O) groups is 2.